The molecule has 1 unspecified atom stereocenters. The molecule has 0 radical (unpaired) electrons. The molecule has 13 heavy (non-hydrogen) atoms. The minimum atomic E-state index is -1.35. The van der Waals surface area contributed by atoms with Gasteiger partial charge in [-0.3, -0.25) is 0 Å². The standard InChI is InChI=1S/C6H13.C4H9O.Al.ClH/c1-3-5-6-4-2;1-3-4(2)5;;/h1,3-6H2,2H3;4H,3H2,1-2H3;;1H/q;-1;+2;/p-1. The van der Waals surface area contributed by atoms with Crippen molar-refractivity contribution in [3.8, 4) is 0 Å². The van der Waals surface area contributed by atoms with Crippen LogP contribution in [0.25, 0.3) is 0 Å². The van der Waals surface area contributed by atoms with Gasteiger partial charge in [0.15, 0.2) is 0 Å². The van der Waals surface area contributed by atoms with Crippen LogP contribution >= 0.6 is 10.0 Å². The average molecular weight is 221 g/mol. The Bertz CT molecular complexity index is 111. The van der Waals surface area contributed by atoms with Crippen molar-refractivity contribution < 1.29 is 3.79 Å². The maximum Gasteiger partial charge on any atom is 0.591 e. The molecule has 3 heteroatoms. The van der Waals surface area contributed by atoms with Crippen molar-refractivity contribution in [1.29, 1.82) is 0 Å². The molecule has 78 valence electrons. The fourth-order valence-corrected chi connectivity index (χ4v) is 3.58. The summed E-state index contributed by atoms with van der Waals surface area (Å²) in [6, 6.07) is 0. The van der Waals surface area contributed by atoms with Crippen LogP contribution < -0.4 is 0 Å². The summed E-state index contributed by atoms with van der Waals surface area (Å²) >= 11 is -1.35. The number of hydrogen-bond acceptors (Lipinski definition) is 1. The van der Waals surface area contributed by atoms with Gasteiger partial charge in [-0.25, -0.2) is 10.0 Å². The van der Waals surface area contributed by atoms with E-state index in [1.807, 2.05) is 0 Å². The molecule has 0 fully saturated rings. The maximum atomic E-state index is 6.15. The first-order valence-electron chi connectivity index (χ1n) is 5.50. The summed E-state index contributed by atoms with van der Waals surface area (Å²) < 4.78 is 5.68. The van der Waals surface area contributed by atoms with Gasteiger partial charge in [0.05, 0.1) is 0 Å². The molecule has 0 aliphatic carbocycles. The molecule has 0 aliphatic rings. The molecular formula is C10H22AlClO. The van der Waals surface area contributed by atoms with Crippen LogP contribution in [0, 0.1) is 0 Å². The van der Waals surface area contributed by atoms with E-state index in [-0.39, 0.29) is 0 Å². The number of hydrogen-bond donors (Lipinski definition) is 0. The molecular weight excluding hydrogens is 199 g/mol. The zero-order valence-corrected chi connectivity index (χ0v) is 11.1. The van der Waals surface area contributed by atoms with Crippen molar-refractivity contribution >= 4 is 23.6 Å². The smallest absolute Gasteiger partial charge is 0.487 e. The predicted octanol–water partition coefficient (Wildman–Crippen LogP) is 4.11. The number of halogens is 1. The van der Waals surface area contributed by atoms with Crippen molar-refractivity contribution in [3.63, 3.8) is 0 Å². The molecule has 0 rings (SSSR count). The lowest BCUT2D eigenvalue weighted by Crippen LogP contribution is -2.17. The van der Waals surface area contributed by atoms with Crippen LogP contribution in [0.4, 0.5) is 0 Å². The molecule has 0 heterocycles. The highest BCUT2D eigenvalue weighted by molar-refractivity contribution is 7.03. The Morgan fingerprint density at radius 3 is 2.46 bits per heavy atom. The lowest BCUT2D eigenvalue weighted by molar-refractivity contribution is 0.224. The van der Waals surface area contributed by atoms with Gasteiger partial charge < -0.3 is 3.79 Å². The SMILES string of the molecule is CCCCC[CH2][Al]([Cl])[O]C(C)CC. The lowest BCUT2D eigenvalue weighted by Gasteiger charge is -2.13. The van der Waals surface area contributed by atoms with Gasteiger partial charge in [0.1, 0.15) is 0 Å². The third-order valence-corrected chi connectivity index (χ3v) is 4.82. The first-order chi connectivity index (χ1) is 6.20. The van der Waals surface area contributed by atoms with Crippen molar-refractivity contribution in [2.45, 2.75) is 64.3 Å². The van der Waals surface area contributed by atoms with Crippen LogP contribution in [0.2, 0.25) is 5.28 Å². The first kappa shape index (κ1) is 13.8. The largest absolute Gasteiger partial charge is 0.591 e. The summed E-state index contributed by atoms with van der Waals surface area (Å²) in [5.74, 6) is 0. The fraction of sp³-hybridized carbons (Fsp3) is 1.00. The second-order valence-corrected chi connectivity index (χ2v) is 6.74. The first-order valence-corrected chi connectivity index (χ1v) is 8.53. The Morgan fingerprint density at radius 1 is 1.23 bits per heavy atom. The van der Waals surface area contributed by atoms with Crippen molar-refractivity contribution in [2.24, 2.45) is 0 Å². The highest BCUT2D eigenvalue weighted by atomic mass is 35.6. The van der Waals surface area contributed by atoms with E-state index in [4.69, 9.17) is 13.8 Å². The molecule has 0 aromatic carbocycles. The topological polar surface area (TPSA) is 9.23 Å². The quantitative estimate of drug-likeness (QED) is 0.442. The minimum Gasteiger partial charge on any atom is -0.487 e. The normalized spacial score (nSPS) is 12.9. The Hall–Kier alpha value is 0.782. The molecule has 1 nitrogen and oxygen atoms in total. The molecule has 0 bridgehead atoms. The van der Waals surface area contributed by atoms with E-state index in [9.17, 15) is 0 Å². The zero-order valence-electron chi connectivity index (χ0n) is 9.18. The van der Waals surface area contributed by atoms with Gasteiger partial charge in [-0.2, -0.15) is 0 Å². The Labute approximate surface area is 91.7 Å². The van der Waals surface area contributed by atoms with Gasteiger partial charge in [0, 0.05) is 6.10 Å². The Morgan fingerprint density at radius 2 is 1.92 bits per heavy atom. The number of rotatable bonds is 8. The monoisotopic (exact) mass is 220 g/mol. The highest BCUT2D eigenvalue weighted by Gasteiger charge is 2.19. The van der Waals surface area contributed by atoms with Crippen molar-refractivity contribution in [3.05, 3.63) is 0 Å². The van der Waals surface area contributed by atoms with Crippen LogP contribution in [0.15, 0.2) is 0 Å². The predicted molar refractivity (Wildman–Crippen MR) is 61.4 cm³/mol. The molecule has 0 aliphatic heterocycles. The van der Waals surface area contributed by atoms with Crippen LogP contribution in [-0.2, 0) is 3.79 Å². The van der Waals surface area contributed by atoms with Gasteiger partial charge in [0.25, 0.3) is 0 Å². The van der Waals surface area contributed by atoms with Crippen LogP contribution in [0.5, 0.6) is 0 Å². The molecule has 0 amide bonds. The van der Waals surface area contributed by atoms with E-state index in [2.05, 4.69) is 20.8 Å². The van der Waals surface area contributed by atoms with Crippen molar-refractivity contribution in [1.82, 2.24) is 0 Å². The van der Waals surface area contributed by atoms with Gasteiger partial charge >= 0.3 is 13.6 Å². The maximum absolute atomic E-state index is 6.15. The summed E-state index contributed by atoms with van der Waals surface area (Å²) in [7, 11) is 6.15. The summed E-state index contributed by atoms with van der Waals surface area (Å²) in [4.78, 5) is 0. The molecule has 0 spiro atoms. The fourth-order valence-electron chi connectivity index (χ4n) is 1.15. The molecule has 0 aromatic heterocycles. The third kappa shape index (κ3) is 9.10. The highest BCUT2D eigenvalue weighted by Crippen LogP contribution is 2.12. The molecule has 0 saturated heterocycles. The summed E-state index contributed by atoms with van der Waals surface area (Å²) in [6.07, 6.45) is 6.63. The summed E-state index contributed by atoms with van der Waals surface area (Å²) in [5.41, 5.74) is 0. The average Bonchev–Trinajstić information content (AvgIpc) is 2.12. The molecule has 1 atom stereocenters. The van der Waals surface area contributed by atoms with Gasteiger partial charge in [-0.1, -0.05) is 44.8 Å². The van der Waals surface area contributed by atoms with Gasteiger partial charge in [-0.15, -0.1) is 0 Å². The second-order valence-electron chi connectivity index (χ2n) is 3.61. The van der Waals surface area contributed by atoms with Crippen molar-refractivity contribution in [2.75, 3.05) is 0 Å². The second kappa shape index (κ2) is 9.34. The van der Waals surface area contributed by atoms with Crippen LogP contribution in [0.3, 0.4) is 0 Å². The lowest BCUT2D eigenvalue weighted by atomic mass is 10.2. The van der Waals surface area contributed by atoms with Gasteiger partial charge in [0.2, 0.25) is 0 Å². The summed E-state index contributed by atoms with van der Waals surface area (Å²) in [5, 5.41) is 1.13. The third-order valence-electron chi connectivity index (χ3n) is 2.24. The minimum absolute atomic E-state index is 0.361. The molecule has 0 N–H and O–H groups in total. The van der Waals surface area contributed by atoms with Gasteiger partial charge in [-0.05, 0) is 13.3 Å². The van der Waals surface area contributed by atoms with Crippen LogP contribution in [-0.4, -0.2) is 19.7 Å². The van der Waals surface area contributed by atoms with E-state index in [0.29, 0.717) is 6.10 Å². The Kier molecular flexibility index (Phi) is 9.90. The molecule has 0 aromatic rings. The summed E-state index contributed by atoms with van der Waals surface area (Å²) in [6.45, 7) is 6.47. The van der Waals surface area contributed by atoms with E-state index >= 15 is 0 Å². The van der Waals surface area contributed by atoms with E-state index < -0.39 is 13.6 Å². The Balaban J connectivity index is 3.24. The molecule has 0 saturated carbocycles. The zero-order chi connectivity index (χ0) is 10.1. The van der Waals surface area contributed by atoms with E-state index in [1.165, 1.54) is 25.7 Å². The van der Waals surface area contributed by atoms with E-state index in [1.54, 1.807) is 0 Å². The number of unbranched alkanes of at least 4 members (excludes halogenated alkanes) is 3. The van der Waals surface area contributed by atoms with Crippen LogP contribution in [0.1, 0.15) is 52.9 Å². The van der Waals surface area contributed by atoms with E-state index in [0.717, 1.165) is 11.7 Å².